The van der Waals surface area contributed by atoms with E-state index in [4.69, 9.17) is 9.47 Å². The van der Waals surface area contributed by atoms with E-state index >= 15 is 0 Å². The van der Waals surface area contributed by atoms with Gasteiger partial charge in [0.2, 0.25) is 5.91 Å². The molecule has 1 N–H and O–H groups in total. The topological polar surface area (TPSA) is 50.8 Å². The van der Waals surface area contributed by atoms with Gasteiger partial charge in [-0.2, -0.15) is 0 Å². The number of hydrogen-bond acceptors (Lipinski definition) is 4. The molecular formula is C19H24N2O3. The van der Waals surface area contributed by atoms with Crippen LogP contribution in [0.25, 0.3) is 0 Å². The number of nitrogens with one attached hydrogen (secondary N) is 1. The lowest BCUT2D eigenvalue weighted by Crippen LogP contribution is -2.39. The maximum Gasteiger partial charge on any atom is 0.241 e. The van der Waals surface area contributed by atoms with Crippen LogP contribution in [0.4, 0.5) is 5.69 Å². The molecule has 0 spiro atoms. The molecule has 5 heteroatoms. The third kappa shape index (κ3) is 4.49. The number of para-hydroxylation sites is 2. The summed E-state index contributed by atoms with van der Waals surface area (Å²) in [6.45, 7) is 2.55. The second kappa shape index (κ2) is 8.36. The lowest BCUT2D eigenvalue weighted by atomic mass is 10.1. The highest BCUT2D eigenvalue weighted by molar-refractivity contribution is 5.95. The number of hydrogen-bond donors (Lipinski definition) is 1. The average Bonchev–Trinajstić information content (AvgIpc) is 2.62. The Morgan fingerprint density at radius 3 is 2.38 bits per heavy atom. The fourth-order valence-electron chi connectivity index (χ4n) is 2.34. The Labute approximate surface area is 143 Å². The van der Waals surface area contributed by atoms with E-state index in [9.17, 15) is 4.79 Å². The van der Waals surface area contributed by atoms with Crippen LogP contribution in [0.3, 0.4) is 0 Å². The predicted molar refractivity (Wildman–Crippen MR) is 95.5 cm³/mol. The first-order valence-electron chi connectivity index (χ1n) is 7.82. The molecule has 0 aliphatic heterocycles. The number of methoxy groups -OCH3 is 2. The average molecular weight is 328 g/mol. The van der Waals surface area contributed by atoms with Gasteiger partial charge in [0.1, 0.15) is 11.5 Å². The van der Waals surface area contributed by atoms with Crippen molar-refractivity contribution in [2.24, 2.45) is 0 Å². The maximum atomic E-state index is 12.5. The van der Waals surface area contributed by atoms with Gasteiger partial charge in [-0.1, -0.05) is 24.3 Å². The van der Waals surface area contributed by atoms with Crippen LogP contribution in [-0.2, 0) is 11.3 Å². The van der Waals surface area contributed by atoms with E-state index in [2.05, 4.69) is 5.32 Å². The van der Waals surface area contributed by atoms with Crippen molar-refractivity contribution in [3.63, 3.8) is 0 Å². The second-order valence-corrected chi connectivity index (χ2v) is 5.63. The quantitative estimate of drug-likeness (QED) is 0.848. The first-order valence-corrected chi connectivity index (χ1v) is 7.82. The monoisotopic (exact) mass is 328 g/mol. The minimum atomic E-state index is -0.281. The molecule has 0 aromatic heterocycles. The third-order valence-electron chi connectivity index (χ3n) is 4.00. The van der Waals surface area contributed by atoms with Crippen LogP contribution >= 0.6 is 0 Å². The second-order valence-electron chi connectivity index (χ2n) is 5.63. The van der Waals surface area contributed by atoms with Crippen LogP contribution in [0.2, 0.25) is 0 Å². The third-order valence-corrected chi connectivity index (χ3v) is 4.00. The zero-order chi connectivity index (χ0) is 17.5. The molecule has 0 aliphatic rings. The summed E-state index contributed by atoms with van der Waals surface area (Å²) in [6, 6.07) is 14.9. The van der Waals surface area contributed by atoms with E-state index in [-0.39, 0.29) is 11.9 Å². The van der Waals surface area contributed by atoms with Crippen molar-refractivity contribution in [3.8, 4) is 11.5 Å². The van der Waals surface area contributed by atoms with Crippen molar-refractivity contribution in [2.45, 2.75) is 19.5 Å². The molecule has 24 heavy (non-hydrogen) atoms. The molecule has 0 heterocycles. The molecule has 0 saturated carbocycles. The normalized spacial score (nSPS) is 11.9. The summed E-state index contributed by atoms with van der Waals surface area (Å²) in [7, 11) is 5.16. The molecule has 0 aliphatic carbocycles. The van der Waals surface area contributed by atoms with Crippen LogP contribution in [0.1, 0.15) is 12.5 Å². The summed E-state index contributed by atoms with van der Waals surface area (Å²) in [5.41, 5.74) is 1.80. The number of nitrogens with zero attached hydrogens (tertiary/aromatic N) is 1. The summed E-state index contributed by atoms with van der Waals surface area (Å²) in [5, 5.41) is 2.92. The highest BCUT2D eigenvalue weighted by Gasteiger charge is 2.19. The number of benzene rings is 2. The number of carbonyl (C=O) groups is 1. The van der Waals surface area contributed by atoms with Crippen molar-refractivity contribution in [1.82, 2.24) is 4.90 Å². The lowest BCUT2D eigenvalue weighted by molar-refractivity contribution is -0.120. The first-order chi connectivity index (χ1) is 11.5. The van der Waals surface area contributed by atoms with Crippen molar-refractivity contribution < 1.29 is 14.3 Å². The number of likely N-dealkylation sites (N-methyl/N-ethyl adjacent to an activating group) is 1. The van der Waals surface area contributed by atoms with Crippen LogP contribution in [0, 0.1) is 0 Å². The molecule has 0 radical (unpaired) electrons. The van der Waals surface area contributed by atoms with E-state index in [1.807, 2.05) is 67.4 Å². The number of amides is 1. The molecular weight excluding hydrogens is 304 g/mol. The maximum absolute atomic E-state index is 12.5. The minimum absolute atomic E-state index is 0.0736. The number of rotatable bonds is 7. The van der Waals surface area contributed by atoms with Gasteiger partial charge in [0.15, 0.2) is 0 Å². The van der Waals surface area contributed by atoms with E-state index in [0.717, 1.165) is 11.3 Å². The fraction of sp³-hybridized carbons (Fsp3) is 0.316. The Bertz CT molecular complexity index is 671. The van der Waals surface area contributed by atoms with E-state index < -0.39 is 0 Å². The van der Waals surface area contributed by atoms with Crippen LogP contribution < -0.4 is 14.8 Å². The van der Waals surface area contributed by atoms with Gasteiger partial charge in [0, 0.05) is 6.54 Å². The molecule has 2 aromatic carbocycles. The summed E-state index contributed by atoms with van der Waals surface area (Å²) in [5.74, 6) is 1.40. The molecule has 0 bridgehead atoms. The highest BCUT2D eigenvalue weighted by atomic mass is 16.5. The summed E-state index contributed by atoms with van der Waals surface area (Å²) in [4.78, 5) is 14.5. The molecule has 2 rings (SSSR count). The molecule has 2 aromatic rings. The SMILES string of the molecule is COc1ccc(CN(C)[C@H](C)C(=O)Nc2ccccc2OC)cc1. The van der Waals surface area contributed by atoms with Crippen molar-refractivity contribution >= 4 is 11.6 Å². The fourth-order valence-corrected chi connectivity index (χ4v) is 2.34. The number of anilines is 1. The smallest absolute Gasteiger partial charge is 0.241 e. The van der Waals surface area contributed by atoms with Crippen molar-refractivity contribution in [1.29, 1.82) is 0 Å². The molecule has 0 unspecified atom stereocenters. The summed E-state index contributed by atoms with van der Waals surface area (Å²) in [6.07, 6.45) is 0. The zero-order valence-electron chi connectivity index (χ0n) is 14.6. The molecule has 1 atom stereocenters. The Kier molecular flexibility index (Phi) is 6.21. The van der Waals surface area contributed by atoms with Gasteiger partial charge < -0.3 is 14.8 Å². The Hall–Kier alpha value is -2.53. The molecule has 0 saturated heterocycles. The first kappa shape index (κ1) is 17.8. The van der Waals surface area contributed by atoms with E-state index in [1.165, 1.54) is 0 Å². The van der Waals surface area contributed by atoms with Gasteiger partial charge >= 0.3 is 0 Å². The lowest BCUT2D eigenvalue weighted by Gasteiger charge is -2.24. The minimum Gasteiger partial charge on any atom is -0.497 e. The largest absolute Gasteiger partial charge is 0.497 e. The standard InChI is InChI=1S/C19H24N2O3/c1-14(19(22)20-17-7-5-6-8-18(17)24-4)21(2)13-15-9-11-16(23-3)12-10-15/h5-12,14H,13H2,1-4H3,(H,20,22)/t14-/m1/s1. The summed E-state index contributed by atoms with van der Waals surface area (Å²) < 4.78 is 10.4. The van der Waals surface area contributed by atoms with Gasteiger partial charge in [0.05, 0.1) is 25.9 Å². The van der Waals surface area contributed by atoms with Crippen LogP contribution in [0.5, 0.6) is 11.5 Å². The van der Waals surface area contributed by atoms with Gasteiger partial charge in [-0.15, -0.1) is 0 Å². The summed E-state index contributed by atoms with van der Waals surface area (Å²) >= 11 is 0. The Balaban J connectivity index is 1.98. The Morgan fingerprint density at radius 1 is 1.08 bits per heavy atom. The van der Waals surface area contributed by atoms with E-state index in [1.54, 1.807) is 14.2 Å². The Morgan fingerprint density at radius 2 is 1.75 bits per heavy atom. The highest BCUT2D eigenvalue weighted by Crippen LogP contribution is 2.23. The zero-order valence-corrected chi connectivity index (χ0v) is 14.6. The van der Waals surface area contributed by atoms with Gasteiger partial charge in [0.25, 0.3) is 0 Å². The van der Waals surface area contributed by atoms with Crippen molar-refractivity contribution in [2.75, 3.05) is 26.6 Å². The molecule has 1 amide bonds. The van der Waals surface area contributed by atoms with Crippen LogP contribution in [0.15, 0.2) is 48.5 Å². The molecule has 128 valence electrons. The molecule has 5 nitrogen and oxygen atoms in total. The van der Waals surface area contributed by atoms with Gasteiger partial charge in [-0.05, 0) is 43.8 Å². The van der Waals surface area contributed by atoms with E-state index in [0.29, 0.717) is 18.0 Å². The number of ether oxygens (including phenoxy) is 2. The molecule has 0 fully saturated rings. The number of carbonyl (C=O) groups excluding carboxylic acids is 1. The van der Waals surface area contributed by atoms with Crippen molar-refractivity contribution in [3.05, 3.63) is 54.1 Å². The predicted octanol–water partition coefficient (Wildman–Crippen LogP) is 3.16. The van der Waals surface area contributed by atoms with Gasteiger partial charge in [-0.3, -0.25) is 9.69 Å². The van der Waals surface area contributed by atoms with Gasteiger partial charge in [-0.25, -0.2) is 0 Å². The van der Waals surface area contributed by atoms with Crippen LogP contribution in [-0.4, -0.2) is 38.1 Å².